The SMILES string of the molecule is CC(C)c1nnc(-c2coc(S(=O)(=O)N3CCN(C4CCCCC4)CC3)c2)o1. The standard InChI is InChI=1S/C19H28N4O4S/c1-14(2)18-20-21-19(27-18)15-12-17(26-13-15)28(24,25)23-10-8-22(9-11-23)16-6-4-3-5-7-16/h12-14,16H,3-11H2,1-2H3. The van der Waals surface area contributed by atoms with Crippen LogP contribution in [0, 0.1) is 0 Å². The molecule has 0 atom stereocenters. The van der Waals surface area contributed by atoms with Crippen LogP contribution in [-0.2, 0) is 10.0 Å². The van der Waals surface area contributed by atoms with Gasteiger partial charge in [0.2, 0.25) is 11.0 Å². The van der Waals surface area contributed by atoms with Crippen molar-refractivity contribution in [2.24, 2.45) is 0 Å². The summed E-state index contributed by atoms with van der Waals surface area (Å²) in [6.07, 6.45) is 7.72. The van der Waals surface area contributed by atoms with Crippen molar-refractivity contribution in [3.8, 4) is 11.5 Å². The summed E-state index contributed by atoms with van der Waals surface area (Å²) >= 11 is 0. The molecule has 8 nitrogen and oxygen atoms in total. The highest BCUT2D eigenvalue weighted by atomic mass is 32.2. The molecule has 9 heteroatoms. The Bertz CT molecular complexity index is 891. The highest BCUT2D eigenvalue weighted by Gasteiger charge is 2.33. The summed E-state index contributed by atoms with van der Waals surface area (Å²) < 4.78 is 38.4. The van der Waals surface area contributed by atoms with Gasteiger partial charge in [-0.15, -0.1) is 10.2 Å². The summed E-state index contributed by atoms with van der Waals surface area (Å²) in [7, 11) is -3.66. The van der Waals surface area contributed by atoms with E-state index in [0.717, 1.165) is 13.1 Å². The van der Waals surface area contributed by atoms with E-state index in [0.29, 0.717) is 30.6 Å². The van der Waals surface area contributed by atoms with Crippen LogP contribution in [0.3, 0.4) is 0 Å². The van der Waals surface area contributed by atoms with Gasteiger partial charge in [-0.2, -0.15) is 4.31 Å². The second-order valence-corrected chi connectivity index (χ2v) is 9.86. The molecule has 1 aliphatic heterocycles. The third kappa shape index (κ3) is 3.88. The predicted octanol–water partition coefficient (Wildman–Crippen LogP) is 3.09. The van der Waals surface area contributed by atoms with Crippen LogP contribution in [0.25, 0.3) is 11.5 Å². The Morgan fingerprint density at radius 3 is 2.43 bits per heavy atom. The fraction of sp³-hybridized carbons (Fsp3) is 0.684. The van der Waals surface area contributed by atoms with Crippen LogP contribution in [-0.4, -0.2) is 60.0 Å². The molecule has 1 saturated heterocycles. The molecular formula is C19H28N4O4S. The van der Waals surface area contributed by atoms with Crippen molar-refractivity contribution in [2.45, 2.75) is 63.0 Å². The van der Waals surface area contributed by atoms with E-state index in [-0.39, 0.29) is 16.9 Å². The highest BCUT2D eigenvalue weighted by molar-refractivity contribution is 7.89. The van der Waals surface area contributed by atoms with Gasteiger partial charge in [-0.25, -0.2) is 8.42 Å². The minimum absolute atomic E-state index is 0.0714. The van der Waals surface area contributed by atoms with Crippen molar-refractivity contribution in [1.29, 1.82) is 0 Å². The van der Waals surface area contributed by atoms with E-state index < -0.39 is 10.0 Å². The first-order chi connectivity index (χ1) is 13.4. The van der Waals surface area contributed by atoms with E-state index in [1.165, 1.54) is 48.7 Å². The molecule has 2 aliphatic rings. The molecule has 154 valence electrons. The zero-order chi connectivity index (χ0) is 19.7. The molecule has 3 heterocycles. The van der Waals surface area contributed by atoms with Gasteiger partial charge in [-0.3, -0.25) is 4.90 Å². The Labute approximate surface area is 165 Å². The van der Waals surface area contributed by atoms with Gasteiger partial charge < -0.3 is 8.83 Å². The van der Waals surface area contributed by atoms with Crippen LogP contribution < -0.4 is 0 Å². The first kappa shape index (κ1) is 19.6. The van der Waals surface area contributed by atoms with Crippen molar-refractivity contribution in [2.75, 3.05) is 26.2 Å². The molecule has 0 amide bonds. The van der Waals surface area contributed by atoms with Crippen molar-refractivity contribution < 1.29 is 17.3 Å². The molecule has 2 aromatic heterocycles. The van der Waals surface area contributed by atoms with Gasteiger partial charge in [0.15, 0.2) is 0 Å². The zero-order valence-electron chi connectivity index (χ0n) is 16.5. The van der Waals surface area contributed by atoms with Crippen LogP contribution in [0.4, 0.5) is 0 Å². The predicted molar refractivity (Wildman–Crippen MR) is 103 cm³/mol. The van der Waals surface area contributed by atoms with Crippen LogP contribution in [0.5, 0.6) is 0 Å². The quantitative estimate of drug-likeness (QED) is 0.750. The second kappa shape index (κ2) is 7.96. The largest absolute Gasteiger partial charge is 0.451 e. The normalized spacial score (nSPS) is 20.8. The monoisotopic (exact) mass is 408 g/mol. The number of sulfonamides is 1. The molecule has 0 unspecified atom stereocenters. The lowest BCUT2D eigenvalue weighted by Crippen LogP contribution is -2.52. The third-order valence-electron chi connectivity index (χ3n) is 5.72. The number of nitrogens with zero attached hydrogens (tertiary/aromatic N) is 4. The average Bonchev–Trinajstić information content (AvgIpc) is 3.39. The molecule has 0 spiro atoms. The van der Waals surface area contributed by atoms with Crippen LogP contribution >= 0.6 is 0 Å². The number of rotatable bonds is 5. The summed E-state index contributed by atoms with van der Waals surface area (Å²) in [5, 5.41) is 7.90. The molecule has 2 fully saturated rings. The maximum absolute atomic E-state index is 13.0. The first-order valence-electron chi connectivity index (χ1n) is 10.1. The van der Waals surface area contributed by atoms with Gasteiger partial charge in [0.05, 0.1) is 5.56 Å². The molecule has 1 aliphatic carbocycles. The van der Waals surface area contributed by atoms with Crippen molar-refractivity contribution in [3.63, 3.8) is 0 Å². The van der Waals surface area contributed by atoms with Crippen LogP contribution in [0.2, 0.25) is 0 Å². The lowest BCUT2D eigenvalue weighted by molar-refractivity contribution is 0.110. The number of hydrogen-bond donors (Lipinski definition) is 0. The highest BCUT2D eigenvalue weighted by Crippen LogP contribution is 2.28. The molecule has 4 rings (SSSR count). The van der Waals surface area contributed by atoms with Crippen LogP contribution in [0.1, 0.15) is 57.8 Å². The molecule has 1 saturated carbocycles. The Morgan fingerprint density at radius 1 is 1.07 bits per heavy atom. The van der Waals surface area contributed by atoms with E-state index in [2.05, 4.69) is 15.1 Å². The lowest BCUT2D eigenvalue weighted by Gasteiger charge is -2.39. The van der Waals surface area contributed by atoms with E-state index in [1.807, 2.05) is 13.8 Å². The molecule has 0 radical (unpaired) electrons. The van der Waals surface area contributed by atoms with Gasteiger partial charge in [0.1, 0.15) is 6.26 Å². The van der Waals surface area contributed by atoms with E-state index in [4.69, 9.17) is 8.83 Å². The minimum Gasteiger partial charge on any atom is -0.451 e. The Morgan fingerprint density at radius 2 is 1.79 bits per heavy atom. The van der Waals surface area contributed by atoms with E-state index in [9.17, 15) is 8.42 Å². The topological polar surface area (TPSA) is 92.7 Å². The van der Waals surface area contributed by atoms with Gasteiger partial charge in [-0.05, 0) is 12.8 Å². The Kier molecular flexibility index (Phi) is 5.57. The van der Waals surface area contributed by atoms with Gasteiger partial charge in [-0.1, -0.05) is 33.1 Å². The fourth-order valence-corrected chi connectivity index (χ4v) is 5.38. The molecule has 0 N–H and O–H groups in total. The summed E-state index contributed by atoms with van der Waals surface area (Å²) in [5.41, 5.74) is 0.485. The lowest BCUT2D eigenvalue weighted by atomic mass is 9.94. The van der Waals surface area contributed by atoms with Gasteiger partial charge in [0.25, 0.3) is 15.9 Å². The summed E-state index contributed by atoms with van der Waals surface area (Å²) in [6, 6.07) is 2.09. The third-order valence-corrected chi connectivity index (χ3v) is 7.48. The van der Waals surface area contributed by atoms with Crippen molar-refractivity contribution >= 4 is 10.0 Å². The average molecular weight is 409 g/mol. The first-order valence-corrected chi connectivity index (χ1v) is 11.6. The minimum atomic E-state index is -3.66. The number of aromatic nitrogens is 2. The Hall–Kier alpha value is -1.71. The number of furan rings is 1. The zero-order valence-corrected chi connectivity index (χ0v) is 17.3. The van der Waals surface area contributed by atoms with Crippen LogP contribution in [0.15, 0.2) is 26.3 Å². The van der Waals surface area contributed by atoms with E-state index in [1.54, 1.807) is 0 Å². The molecule has 2 aromatic rings. The summed E-state index contributed by atoms with van der Waals surface area (Å²) in [6.45, 7) is 6.45. The fourth-order valence-electron chi connectivity index (χ4n) is 4.03. The molecule has 28 heavy (non-hydrogen) atoms. The number of hydrogen-bond acceptors (Lipinski definition) is 7. The smallest absolute Gasteiger partial charge is 0.276 e. The van der Waals surface area contributed by atoms with Gasteiger partial charge in [0, 0.05) is 44.2 Å². The maximum Gasteiger partial charge on any atom is 0.276 e. The van der Waals surface area contributed by atoms with E-state index >= 15 is 0 Å². The van der Waals surface area contributed by atoms with Gasteiger partial charge >= 0.3 is 0 Å². The molecular weight excluding hydrogens is 380 g/mol. The summed E-state index contributed by atoms with van der Waals surface area (Å²) in [5.74, 6) is 0.896. The van der Waals surface area contributed by atoms with Crippen molar-refractivity contribution in [3.05, 3.63) is 18.2 Å². The Balaban J connectivity index is 1.43. The van der Waals surface area contributed by atoms with Crippen molar-refractivity contribution in [1.82, 2.24) is 19.4 Å². The second-order valence-electron chi connectivity index (χ2n) is 7.99. The summed E-state index contributed by atoms with van der Waals surface area (Å²) in [4.78, 5) is 2.45. The number of piperazine rings is 1. The maximum atomic E-state index is 13.0. The molecule has 0 aromatic carbocycles. The molecule has 0 bridgehead atoms.